The van der Waals surface area contributed by atoms with Crippen LogP contribution in [0.4, 0.5) is 5.82 Å². The first-order valence-corrected chi connectivity index (χ1v) is 12.6. The second-order valence-corrected chi connectivity index (χ2v) is 10.5. The van der Waals surface area contributed by atoms with Gasteiger partial charge in [-0.05, 0) is 49.9 Å². The van der Waals surface area contributed by atoms with Crippen LogP contribution < -0.4 is 10.6 Å². The van der Waals surface area contributed by atoms with Gasteiger partial charge in [0.05, 0.1) is 22.9 Å². The highest BCUT2D eigenvalue weighted by molar-refractivity contribution is 7.90. The molecular weight excluding hydrogens is 440 g/mol. The number of carbonyl (C=O) groups excluding carboxylic acids is 2. The number of aryl methyl sites for hydroxylation is 2. The molecule has 0 saturated carbocycles. The van der Waals surface area contributed by atoms with Crippen molar-refractivity contribution in [1.29, 1.82) is 0 Å². The third-order valence-electron chi connectivity index (χ3n) is 5.56. The minimum atomic E-state index is -3.33. The van der Waals surface area contributed by atoms with Gasteiger partial charge in [0.25, 0.3) is 0 Å². The van der Waals surface area contributed by atoms with Crippen molar-refractivity contribution in [2.24, 2.45) is 0 Å². The van der Waals surface area contributed by atoms with Crippen LogP contribution >= 0.6 is 0 Å². The van der Waals surface area contributed by atoms with Gasteiger partial charge in [-0.15, -0.1) is 0 Å². The molecule has 1 unspecified atom stereocenters. The first-order chi connectivity index (χ1) is 15.7. The fraction of sp³-hybridized carbons (Fsp3) is 0.292. The largest absolute Gasteiger partial charge is 0.345 e. The third-order valence-corrected chi connectivity index (χ3v) is 7.00. The molecule has 4 rings (SSSR count). The summed E-state index contributed by atoms with van der Waals surface area (Å²) in [5, 5.41) is 9.75. The summed E-state index contributed by atoms with van der Waals surface area (Å²) >= 11 is 0. The van der Waals surface area contributed by atoms with E-state index in [1.807, 2.05) is 68.4 Å². The number of amides is 2. The summed E-state index contributed by atoms with van der Waals surface area (Å²) < 4.78 is 25.7. The van der Waals surface area contributed by atoms with Crippen LogP contribution in [0.25, 0.3) is 5.69 Å². The Balaban J connectivity index is 1.49. The van der Waals surface area contributed by atoms with Gasteiger partial charge in [0.2, 0.25) is 0 Å². The van der Waals surface area contributed by atoms with Gasteiger partial charge in [0, 0.05) is 11.6 Å². The Labute approximate surface area is 192 Å². The second kappa shape index (κ2) is 9.19. The molecule has 172 valence electrons. The maximum absolute atomic E-state index is 12.7. The highest BCUT2D eigenvalue weighted by atomic mass is 32.2. The average molecular weight is 467 g/mol. The smallest absolute Gasteiger partial charge is 0.314 e. The molecule has 3 aromatic rings. The van der Waals surface area contributed by atoms with Crippen molar-refractivity contribution in [2.45, 2.75) is 44.2 Å². The third kappa shape index (κ3) is 5.31. The first-order valence-electron chi connectivity index (χ1n) is 10.8. The molecule has 2 N–H and O–H groups in total. The van der Waals surface area contributed by atoms with E-state index in [1.165, 1.54) is 4.68 Å². The van der Waals surface area contributed by atoms with Crippen LogP contribution in [0.3, 0.4) is 0 Å². The summed E-state index contributed by atoms with van der Waals surface area (Å²) in [5.41, 5.74) is 3.63. The van der Waals surface area contributed by atoms with E-state index in [4.69, 9.17) is 0 Å². The summed E-state index contributed by atoms with van der Waals surface area (Å²) in [7, 11) is -3.33. The van der Waals surface area contributed by atoms with Crippen LogP contribution in [-0.4, -0.2) is 36.1 Å². The molecule has 2 aromatic carbocycles. The summed E-state index contributed by atoms with van der Waals surface area (Å²) in [4.78, 5) is 25.3. The molecule has 1 aliphatic rings. The van der Waals surface area contributed by atoms with E-state index < -0.39 is 21.7 Å². The van der Waals surface area contributed by atoms with E-state index in [-0.39, 0.29) is 23.4 Å². The number of aromatic nitrogens is 2. The second-order valence-electron chi connectivity index (χ2n) is 8.41. The average Bonchev–Trinajstić information content (AvgIpc) is 3.25. The van der Waals surface area contributed by atoms with Crippen molar-refractivity contribution < 1.29 is 18.0 Å². The Kier molecular flexibility index (Phi) is 6.33. The van der Waals surface area contributed by atoms with Crippen LogP contribution in [-0.2, 0) is 37.4 Å². The Morgan fingerprint density at radius 3 is 2.55 bits per heavy atom. The molecule has 0 fully saturated rings. The molecule has 1 aromatic heterocycles. The van der Waals surface area contributed by atoms with E-state index in [0.29, 0.717) is 23.4 Å². The fourth-order valence-corrected chi connectivity index (χ4v) is 5.36. The number of hydrogen-bond donors (Lipinski definition) is 2. The van der Waals surface area contributed by atoms with Crippen LogP contribution in [0.1, 0.15) is 35.7 Å². The van der Waals surface area contributed by atoms with Gasteiger partial charge < -0.3 is 10.6 Å². The van der Waals surface area contributed by atoms with E-state index in [1.54, 1.807) is 0 Å². The molecular formula is C24H26N4O4S. The predicted molar refractivity (Wildman–Crippen MR) is 126 cm³/mol. The minimum Gasteiger partial charge on any atom is -0.345 e. The normalized spacial score (nSPS) is 15.0. The Morgan fingerprint density at radius 2 is 1.82 bits per heavy atom. The summed E-state index contributed by atoms with van der Waals surface area (Å²) in [6.45, 7) is 3.77. The number of sulfone groups is 1. The zero-order chi connectivity index (χ0) is 23.6. The van der Waals surface area contributed by atoms with Crippen LogP contribution in [0.15, 0.2) is 54.6 Å². The van der Waals surface area contributed by atoms with E-state index >= 15 is 0 Å². The highest BCUT2D eigenvalue weighted by Crippen LogP contribution is 2.33. The molecule has 2 heterocycles. The zero-order valence-electron chi connectivity index (χ0n) is 18.5. The SMILES string of the molecule is Cc1cccc(-n2nc3c(c2NC(=O)C(=O)NC(C)CCc2ccccc2)CS(=O)(=O)C3)c1. The fourth-order valence-electron chi connectivity index (χ4n) is 3.87. The first kappa shape index (κ1) is 22.7. The molecule has 0 bridgehead atoms. The van der Waals surface area contributed by atoms with Crippen LogP contribution in [0.5, 0.6) is 0 Å². The van der Waals surface area contributed by atoms with Crippen LogP contribution in [0.2, 0.25) is 0 Å². The standard InChI is InChI=1S/C24H26N4O4S/c1-16-7-6-10-19(13-16)28-22(20-14-33(31,32)15-21(20)27-28)26-24(30)23(29)25-17(2)11-12-18-8-4-3-5-9-18/h3-10,13,17H,11-12,14-15H2,1-2H3,(H,25,29)(H,26,30). The molecule has 2 amide bonds. The lowest BCUT2D eigenvalue weighted by atomic mass is 10.1. The molecule has 8 nitrogen and oxygen atoms in total. The summed E-state index contributed by atoms with van der Waals surface area (Å²) in [5.74, 6) is -1.83. The van der Waals surface area contributed by atoms with Crippen molar-refractivity contribution in [3.8, 4) is 5.69 Å². The van der Waals surface area contributed by atoms with Gasteiger partial charge in [-0.3, -0.25) is 9.59 Å². The molecule has 1 aliphatic heterocycles. The molecule has 0 spiro atoms. The van der Waals surface area contributed by atoms with Crippen molar-refractivity contribution in [2.75, 3.05) is 5.32 Å². The number of carbonyl (C=O) groups is 2. The minimum absolute atomic E-state index is 0.188. The lowest BCUT2D eigenvalue weighted by molar-refractivity contribution is -0.136. The van der Waals surface area contributed by atoms with Crippen molar-refractivity contribution in [3.63, 3.8) is 0 Å². The van der Waals surface area contributed by atoms with E-state index in [0.717, 1.165) is 17.5 Å². The molecule has 0 aliphatic carbocycles. The van der Waals surface area contributed by atoms with Crippen molar-refractivity contribution >= 4 is 27.5 Å². The van der Waals surface area contributed by atoms with E-state index in [9.17, 15) is 18.0 Å². The molecule has 1 atom stereocenters. The Hall–Kier alpha value is -3.46. The topological polar surface area (TPSA) is 110 Å². The van der Waals surface area contributed by atoms with Crippen LogP contribution in [0, 0.1) is 6.92 Å². The predicted octanol–water partition coefficient (Wildman–Crippen LogP) is 2.69. The molecule has 0 radical (unpaired) electrons. The quantitative estimate of drug-likeness (QED) is 0.543. The maximum atomic E-state index is 12.7. The summed E-state index contributed by atoms with van der Waals surface area (Å²) in [6, 6.07) is 17.1. The lowest BCUT2D eigenvalue weighted by Gasteiger charge is -2.15. The molecule has 9 heteroatoms. The number of hydrogen-bond acceptors (Lipinski definition) is 5. The Morgan fingerprint density at radius 1 is 1.06 bits per heavy atom. The van der Waals surface area contributed by atoms with E-state index in [2.05, 4.69) is 15.7 Å². The number of nitrogens with one attached hydrogen (secondary N) is 2. The van der Waals surface area contributed by atoms with Gasteiger partial charge in [-0.1, -0.05) is 42.5 Å². The maximum Gasteiger partial charge on any atom is 0.314 e. The van der Waals surface area contributed by atoms with Crippen molar-refractivity contribution in [1.82, 2.24) is 15.1 Å². The molecule has 33 heavy (non-hydrogen) atoms. The van der Waals surface area contributed by atoms with Crippen molar-refractivity contribution in [3.05, 3.63) is 77.0 Å². The number of nitrogens with zero attached hydrogens (tertiary/aromatic N) is 2. The monoisotopic (exact) mass is 466 g/mol. The Bertz CT molecular complexity index is 1300. The van der Waals surface area contributed by atoms with Gasteiger partial charge >= 0.3 is 11.8 Å². The number of rotatable bonds is 6. The van der Waals surface area contributed by atoms with Gasteiger partial charge in [0.1, 0.15) is 5.82 Å². The number of anilines is 1. The summed E-state index contributed by atoms with van der Waals surface area (Å²) in [6.07, 6.45) is 1.45. The molecule has 0 saturated heterocycles. The van der Waals surface area contributed by atoms with Gasteiger partial charge in [0.15, 0.2) is 9.84 Å². The zero-order valence-corrected chi connectivity index (χ0v) is 19.4. The number of benzene rings is 2. The highest BCUT2D eigenvalue weighted by Gasteiger charge is 2.34. The van der Waals surface area contributed by atoms with Gasteiger partial charge in [-0.25, -0.2) is 13.1 Å². The number of fused-ring (bicyclic) bond motifs is 1. The lowest BCUT2D eigenvalue weighted by Crippen LogP contribution is -2.41. The van der Waals surface area contributed by atoms with Gasteiger partial charge in [-0.2, -0.15) is 5.10 Å².